The molecule has 0 aliphatic carbocycles. The SMILES string of the molecule is CN1C[C@H](c2cccs2)[C@H](C(=O)O)C1. The fraction of sp³-hybridized carbons (Fsp3) is 0.500. The van der Waals surface area contributed by atoms with Gasteiger partial charge in [-0.05, 0) is 18.5 Å². The van der Waals surface area contributed by atoms with Gasteiger partial charge in [-0.1, -0.05) is 6.07 Å². The lowest BCUT2D eigenvalue weighted by atomic mass is 9.95. The smallest absolute Gasteiger partial charge is 0.308 e. The van der Waals surface area contributed by atoms with Crippen molar-refractivity contribution in [2.75, 3.05) is 20.1 Å². The van der Waals surface area contributed by atoms with Crippen LogP contribution in [0.15, 0.2) is 17.5 Å². The van der Waals surface area contributed by atoms with Gasteiger partial charge in [-0.3, -0.25) is 4.79 Å². The second kappa shape index (κ2) is 3.71. The van der Waals surface area contributed by atoms with E-state index in [4.69, 9.17) is 5.11 Å². The zero-order chi connectivity index (χ0) is 10.1. The first-order chi connectivity index (χ1) is 6.68. The molecule has 1 N–H and O–H groups in total. The van der Waals surface area contributed by atoms with Crippen molar-refractivity contribution in [3.05, 3.63) is 22.4 Å². The minimum absolute atomic E-state index is 0.178. The first-order valence-corrected chi connectivity index (χ1v) is 5.51. The topological polar surface area (TPSA) is 40.5 Å². The van der Waals surface area contributed by atoms with Crippen molar-refractivity contribution in [1.29, 1.82) is 0 Å². The Labute approximate surface area is 87.0 Å². The molecule has 1 saturated heterocycles. The van der Waals surface area contributed by atoms with Gasteiger partial charge in [0.25, 0.3) is 0 Å². The van der Waals surface area contributed by atoms with Crippen molar-refractivity contribution in [3.63, 3.8) is 0 Å². The molecule has 0 spiro atoms. The second-order valence-electron chi connectivity index (χ2n) is 3.79. The van der Waals surface area contributed by atoms with Gasteiger partial charge in [0.05, 0.1) is 5.92 Å². The number of carboxylic acid groups (broad SMARTS) is 1. The number of nitrogens with zero attached hydrogens (tertiary/aromatic N) is 1. The van der Waals surface area contributed by atoms with Crippen LogP contribution < -0.4 is 0 Å². The van der Waals surface area contributed by atoms with E-state index >= 15 is 0 Å². The Morgan fingerprint density at radius 2 is 2.43 bits per heavy atom. The van der Waals surface area contributed by atoms with E-state index in [9.17, 15) is 4.79 Å². The van der Waals surface area contributed by atoms with Crippen molar-refractivity contribution < 1.29 is 9.90 Å². The van der Waals surface area contributed by atoms with E-state index in [1.165, 1.54) is 4.88 Å². The minimum Gasteiger partial charge on any atom is -0.481 e. The molecule has 2 atom stereocenters. The molecule has 1 aromatic rings. The molecular weight excluding hydrogens is 198 g/mol. The summed E-state index contributed by atoms with van der Waals surface area (Å²) in [6.07, 6.45) is 0. The van der Waals surface area contributed by atoms with Gasteiger partial charge in [0.2, 0.25) is 0 Å². The summed E-state index contributed by atoms with van der Waals surface area (Å²) in [5, 5.41) is 11.1. The van der Waals surface area contributed by atoms with Crippen LogP contribution in [-0.4, -0.2) is 36.1 Å². The van der Waals surface area contributed by atoms with Gasteiger partial charge in [-0.15, -0.1) is 11.3 Å². The Balaban J connectivity index is 2.21. The number of carboxylic acids is 1. The number of carbonyl (C=O) groups is 1. The molecule has 1 aromatic heterocycles. The fourth-order valence-electron chi connectivity index (χ4n) is 2.04. The van der Waals surface area contributed by atoms with Crippen molar-refractivity contribution >= 4 is 17.3 Å². The Kier molecular flexibility index (Phi) is 2.56. The van der Waals surface area contributed by atoms with E-state index < -0.39 is 5.97 Å². The third kappa shape index (κ3) is 1.67. The zero-order valence-corrected chi connectivity index (χ0v) is 8.83. The number of likely N-dealkylation sites (N-methyl/N-ethyl adjacent to an activating group) is 1. The highest BCUT2D eigenvalue weighted by molar-refractivity contribution is 7.10. The average molecular weight is 211 g/mol. The summed E-state index contributed by atoms with van der Waals surface area (Å²) in [6.45, 7) is 1.52. The van der Waals surface area contributed by atoms with E-state index in [-0.39, 0.29) is 11.8 Å². The molecule has 0 amide bonds. The number of likely N-dealkylation sites (tertiary alicyclic amines) is 1. The molecule has 1 aliphatic heterocycles. The summed E-state index contributed by atoms with van der Waals surface area (Å²) in [6, 6.07) is 4.02. The lowest BCUT2D eigenvalue weighted by Gasteiger charge is -2.11. The molecule has 2 heterocycles. The maximum atomic E-state index is 11.0. The van der Waals surface area contributed by atoms with Crippen LogP contribution in [0.3, 0.4) is 0 Å². The van der Waals surface area contributed by atoms with Crippen LogP contribution in [-0.2, 0) is 4.79 Å². The second-order valence-corrected chi connectivity index (χ2v) is 4.77. The minimum atomic E-state index is -0.673. The number of thiophene rings is 1. The highest BCUT2D eigenvalue weighted by atomic mass is 32.1. The van der Waals surface area contributed by atoms with E-state index in [0.29, 0.717) is 6.54 Å². The van der Waals surface area contributed by atoms with Gasteiger partial charge in [0.15, 0.2) is 0 Å². The Hall–Kier alpha value is -0.870. The Morgan fingerprint density at radius 1 is 1.64 bits per heavy atom. The lowest BCUT2D eigenvalue weighted by Crippen LogP contribution is -2.21. The van der Waals surface area contributed by atoms with E-state index in [1.807, 2.05) is 24.6 Å². The molecule has 0 aromatic carbocycles. The highest BCUT2D eigenvalue weighted by Gasteiger charge is 2.37. The third-order valence-electron chi connectivity index (χ3n) is 2.73. The summed E-state index contributed by atoms with van der Waals surface area (Å²) < 4.78 is 0. The van der Waals surface area contributed by atoms with Crippen molar-refractivity contribution in [2.45, 2.75) is 5.92 Å². The van der Waals surface area contributed by atoms with Gasteiger partial charge in [-0.2, -0.15) is 0 Å². The molecule has 0 bridgehead atoms. The highest BCUT2D eigenvalue weighted by Crippen LogP contribution is 2.34. The Morgan fingerprint density at radius 3 is 3.00 bits per heavy atom. The lowest BCUT2D eigenvalue weighted by molar-refractivity contribution is -0.141. The predicted octanol–water partition coefficient (Wildman–Crippen LogP) is 1.48. The van der Waals surface area contributed by atoms with Gasteiger partial charge in [0.1, 0.15) is 0 Å². The number of hydrogen-bond acceptors (Lipinski definition) is 3. The maximum Gasteiger partial charge on any atom is 0.308 e. The van der Waals surface area contributed by atoms with Crippen LogP contribution in [0.1, 0.15) is 10.8 Å². The average Bonchev–Trinajstić information content (AvgIpc) is 2.70. The van der Waals surface area contributed by atoms with Crippen molar-refractivity contribution in [1.82, 2.24) is 4.90 Å². The van der Waals surface area contributed by atoms with E-state index in [2.05, 4.69) is 4.90 Å². The maximum absolute atomic E-state index is 11.0. The molecule has 3 nitrogen and oxygen atoms in total. The van der Waals surface area contributed by atoms with Crippen LogP contribution in [0.2, 0.25) is 0 Å². The summed E-state index contributed by atoms with van der Waals surface area (Å²) in [4.78, 5) is 14.3. The van der Waals surface area contributed by atoms with Crippen molar-refractivity contribution in [3.8, 4) is 0 Å². The van der Waals surface area contributed by atoms with Gasteiger partial charge < -0.3 is 10.0 Å². The molecular formula is C10H13NO2S. The van der Waals surface area contributed by atoms with Crippen LogP contribution in [0, 0.1) is 5.92 Å². The predicted molar refractivity (Wildman–Crippen MR) is 55.7 cm³/mol. The Bertz CT molecular complexity index is 323. The molecule has 1 fully saturated rings. The molecule has 0 radical (unpaired) electrons. The van der Waals surface area contributed by atoms with Crippen LogP contribution in [0.4, 0.5) is 0 Å². The van der Waals surface area contributed by atoms with Crippen LogP contribution in [0.5, 0.6) is 0 Å². The molecule has 14 heavy (non-hydrogen) atoms. The van der Waals surface area contributed by atoms with E-state index in [1.54, 1.807) is 11.3 Å². The molecule has 2 rings (SSSR count). The summed E-state index contributed by atoms with van der Waals surface area (Å²) in [5.74, 6) is -0.733. The normalized spacial score (nSPS) is 28.1. The van der Waals surface area contributed by atoms with Crippen LogP contribution in [0.25, 0.3) is 0 Å². The standard InChI is InChI=1S/C10H13NO2S/c1-11-5-7(8(6-11)10(12)13)9-3-2-4-14-9/h2-4,7-8H,5-6H2,1H3,(H,12,13)/t7-,8+/m0/s1. The number of rotatable bonds is 2. The molecule has 76 valence electrons. The largest absolute Gasteiger partial charge is 0.481 e. The van der Waals surface area contributed by atoms with Crippen molar-refractivity contribution in [2.24, 2.45) is 5.92 Å². The van der Waals surface area contributed by atoms with Gasteiger partial charge in [-0.25, -0.2) is 0 Å². The van der Waals surface area contributed by atoms with Gasteiger partial charge in [0, 0.05) is 23.9 Å². The molecule has 1 aliphatic rings. The molecule has 4 heteroatoms. The van der Waals surface area contributed by atoms with Gasteiger partial charge >= 0.3 is 5.97 Å². The first kappa shape index (κ1) is 9.68. The zero-order valence-electron chi connectivity index (χ0n) is 8.01. The molecule has 0 saturated carbocycles. The first-order valence-electron chi connectivity index (χ1n) is 4.63. The summed E-state index contributed by atoms with van der Waals surface area (Å²) >= 11 is 1.65. The van der Waals surface area contributed by atoms with E-state index in [0.717, 1.165) is 6.54 Å². The summed E-state index contributed by atoms with van der Waals surface area (Å²) in [7, 11) is 1.98. The number of hydrogen-bond donors (Lipinski definition) is 1. The third-order valence-corrected chi connectivity index (χ3v) is 3.73. The quantitative estimate of drug-likeness (QED) is 0.805. The monoisotopic (exact) mass is 211 g/mol. The number of aliphatic carboxylic acids is 1. The summed E-state index contributed by atoms with van der Waals surface area (Å²) in [5.41, 5.74) is 0. The van der Waals surface area contributed by atoms with Crippen LogP contribution >= 0.6 is 11.3 Å². The molecule has 0 unspecified atom stereocenters. The fourth-order valence-corrected chi connectivity index (χ4v) is 2.93.